The van der Waals surface area contributed by atoms with E-state index in [1.54, 1.807) is 0 Å². The van der Waals surface area contributed by atoms with Gasteiger partial charge in [-0.05, 0) is 0 Å². The van der Waals surface area contributed by atoms with E-state index in [4.69, 9.17) is 50.6 Å². The van der Waals surface area contributed by atoms with Crippen LogP contribution in [-0.2, 0) is 18.8 Å². The number of unbranched alkanes of at least 4 members (excludes halogenated alkanes) is 3. The van der Waals surface area contributed by atoms with E-state index in [0.717, 1.165) is 38.5 Å². The van der Waals surface area contributed by atoms with Crippen molar-refractivity contribution in [1.82, 2.24) is 0 Å². The van der Waals surface area contributed by atoms with E-state index in [1.807, 2.05) is 0 Å². The van der Waals surface area contributed by atoms with Gasteiger partial charge in [-0.3, -0.25) is 0 Å². The Hall–Kier alpha value is -0.0613. The SMILES string of the molecule is CCCCC(CC)CC(C)C(=S)[O][Sn]([CH2]CC(=O)OC)([O]C(=S)C(C)CC(CC)CCCC)[O]C(=S)C(C)CC(CC)CCCC. The third kappa shape index (κ3) is 19.2. The molecule has 5 nitrogen and oxygen atoms in total. The van der Waals surface area contributed by atoms with Crippen LogP contribution in [0.25, 0.3) is 0 Å². The predicted octanol–water partition coefficient (Wildman–Crippen LogP) is 12.2. The van der Waals surface area contributed by atoms with Crippen molar-refractivity contribution >= 4 is 77.4 Å². The summed E-state index contributed by atoms with van der Waals surface area (Å²) in [6, 6.07) is 0. The Bertz CT molecular complexity index is 777. The number of thiocarbonyl (C=S) groups is 3. The molecule has 0 aliphatic rings. The monoisotopic (exact) mass is 810 g/mol. The maximum atomic E-state index is 12.5. The third-order valence-electron chi connectivity index (χ3n) is 9.53. The van der Waals surface area contributed by atoms with Gasteiger partial charge in [-0.25, -0.2) is 0 Å². The Kier molecular flexibility index (Phi) is 26.7. The second kappa shape index (κ2) is 26.8. The van der Waals surface area contributed by atoms with E-state index in [9.17, 15) is 4.79 Å². The minimum absolute atomic E-state index is 0.0345. The van der Waals surface area contributed by atoms with Crippen LogP contribution in [0.3, 0.4) is 0 Å². The molecule has 6 atom stereocenters. The minimum atomic E-state index is -4.76. The summed E-state index contributed by atoms with van der Waals surface area (Å²) in [5.41, 5.74) is 0. The number of carbonyl (C=O) groups excluding carboxylic acids is 1. The van der Waals surface area contributed by atoms with Crippen molar-refractivity contribution in [1.29, 1.82) is 0 Å². The van der Waals surface area contributed by atoms with Crippen LogP contribution in [-0.4, -0.2) is 47.9 Å². The van der Waals surface area contributed by atoms with Crippen molar-refractivity contribution in [2.75, 3.05) is 7.11 Å². The second-order valence-electron chi connectivity index (χ2n) is 13.7. The van der Waals surface area contributed by atoms with E-state index in [0.29, 0.717) is 32.9 Å². The molecular weight excluding hydrogens is 739 g/mol. The van der Waals surface area contributed by atoms with Crippen LogP contribution in [0.1, 0.15) is 165 Å². The van der Waals surface area contributed by atoms with Crippen LogP contribution in [0.4, 0.5) is 0 Å². The number of esters is 1. The second-order valence-corrected chi connectivity index (χ2v) is 22.0. The summed E-state index contributed by atoms with van der Waals surface area (Å²) in [7, 11) is 1.40. The fourth-order valence-corrected chi connectivity index (χ4v) is 15.9. The molecule has 270 valence electrons. The molecule has 0 heterocycles. The molecule has 6 unspecified atom stereocenters. The van der Waals surface area contributed by atoms with E-state index in [-0.39, 0.29) is 34.6 Å². The summed E-state index contributed by atoms with van der Waals surface area (Å²) in [4.78, 5) is 12.5. The Morgan fingerprint density at radius 2 is 0.891 bits per heavy atom. The number of carbonyl (C=O) groups is 1. The molecule has 0 aromatic rings. The van der Waals surface area contributed by atoms with E-state index >= 15 is 0 Å². The Labute approximate surface area is 306 Å². The zero-order chi connectivity index (χ0) is 35.1. The van der Waals surface area contributed by atoms with Gasteiger partial charge in [0.15, 0.2) is 0 Å². The molecule has 0 amide bonds. The molecule has 46 heavy (non-hydrogen) atoms. The first-order valence-corrected chi connectivity index (χ1v) is 25.3. The molecule has 0 radical (unpaired) electrons. The van der Waals surface area contributed by atoms with E-state index in [1.165, 1.54) is 64.9 Å². The molecular formula is C37H70O5S3Sn. The summed E-state index contributed by atoms with van der Waals surface area (Å²) in [6.45, 7) is 19.8. The van der Waals surface area contributed by atoms with Crippen molar-refractivity contribution in [2.45, 2.75) is 169 Å². The fourth-order valence-electron chi connectivity index (χ4n) is 6.07. The van der Waals surface area contributed by atoms with Crippen LogP contribution in [0.2, 0.25) is 4.44 Å². The number of hydrogen-bond donors (Lipinski definition) is 0. The summed E-state index contributed by atoms with van der Waals surface area (Å²) < 4.78 is 25.7. The summed E-state index contributed by atoms with van der Waals surface area (Å²) in [6.07, 6.45) is 17.0. The van der Waals surface area contributed by atoms with Gasteiger partial charge in [-0.1, -0.05) is 0 Å². The van der Waals surface area contributed by atoms with Crippen molar-refractivity contribution in [3.05, 3.63) is 0 Å². The van der Waals surface area contributed by atoms with Crippen LogP contribution >= 0.6 is 36.7 Å². The van der Waals surface area contributed by atoms with Crippen LogP contribution in [0, 0.1) is 35.5 Å². The van der Waals surface area contributed by atoms with Gasteiger partial charge in [0.05, 0.1) is 0 Å². The number of methoxy groups -OCH3 is 1. The van der Waals surface area contributed by atoms with E-state index in [2.05, 4.69) is 62.3 Å². The van der Waals surface area contributed by atoms with Crippen molar-refractivity contribution in [3.8, 4) is 0 Å². The molecule has 0 spiro atoms. The fraction of sp³-hybridized carbons (Fsp3) is 0.892. The van der Waals surface area contributed by atoms with Gasteiger partial charge in [0.25, 0.3) is 0 Å². The first-order valence-electron chi connectivity index (χ1n) is 18.6. The van der Waals surface area contributed by atoms with Gasteiger partial charge in [-0.15, -0.1) is 0 Å². The zero-order valence-corrected chi connectivity index (χ0v) is 36.6. The van der Waals surface area contributed by atoms with Gasteiger partial charge in [0, 0.05) is 0 Å². The summed E-state index contributed by atoms with van der Waals surface area (Å²) in [5.74, 6) is 1.48. The Balaban J connectivity index is 6.41. The maximum absolute atomic E-state index is 12.5. The van der Waals surface area contributed by atoms with Crippen LogP contribution in [0.5, 0.6) is 0 Å². The molecule has 0 aromatic carbocycles. The van der Waals surface area contributed by atoms with Crippen molar-refractivity contribution < 1.29 is 18.8 Å². The molecule has 0 saturated heterocycles. The van der Waals surface area contributed by atoms with Gasteiger partial charge >= 0.3 is 308 Å². The zero-order valence-electron chi connectivity index (χ0n) is 31.3. The summed E-state index contributed by atoms with van der Waals surface area (Å²) in [5, 5.41) is 1.47. The van der Waals surface area contributed by atoms with Crippen LogP contribution < -0.4 is 0 Å². The van der Waals surface area contributed by atoms with Gasteiger partial charge < -0.3 is 0 Å². The summed E-state index contributed by atoms with van der Waals surface area (Å²) >= 11 is 13.2. The third-order valence-corrected chi connectivity index (χ3v) is 19.3. The molecule has 0 aromatic heterocycles. The average molecular weight is 810 g/mol. The normalized spacial score (nSPS) is 16.7. The molecule has 0 bridgehead atoms. The quantitative estimate of drug-likeness (QED) is 0.0462. The predicted molar refractivity (Wildman–Crippen MR) is 210 cm³/mol. The van der Waals surface area contributed by atoms with Gasteiger partial charge in [0.2, 0.25) is 0 Å². The first-order chi connectivity index (χ1) is 21.8. The molecule has 0 fully saturated rings. The molecule has 0 aliphatic heterocycles. The van der Waals surface area contributed by atoms with Gasteiger partial charge in [0.1, 0.15) is 0 Å². The molecule has 0 saturated carbocycles. The molecule has 0 rings (SSSR count). The number of hydrogen-bond acceptors (Lipinski definition) is 8. The number of ether oxygens (including phenoxy) is 1. The molecule has 0 aliphatic carbocycles. The Morgan fingerprint density at radius 1 is 0.587 bits per heavy atom. The van der Waals surface area contributed by atoms with Crippen LogP contribution in [0.15, 0.2) is 0 Å². The topological polar surface area (TPSA) is 54.0 Å². The van der Waals surface area contributed by atoms with Crippen molar-refractivity contribution in [2.24, 2.45) is 35.5 Å². The Morgan fingerprint density at radius 3 is 1.13 bits per heavy atom. The molecule has 9 heteroatoms. The first kappa shape index (κ1) is 45.9. The standard InChI is InChI=1S/3C11H22OS.C4H7O2.Sn/c3*1-4-6-7-10(5-2)8-9(3)11(12)13;1-3-4(5)6-2;/h3*9-10H,4-8H2,1-3H3,(H,12,13);1,3H2,2H3;/q;;;;+3/p-3. The van der Waals surface area contributed by atoms with Crippen molar-refractivity contribution in [3.63, 3.8) is 0 Å². The average Bonchev–Trinajstić information content (AvgIpc) is 3.04. The van der Waals surface area contributed by atoms with Gasteiger partial charge in [-0.2, -0.15) is 0 Å². The molecule has 0 N–H and O–H groups in total. The van der Waals surface area contributed by atoms with E-state index < -0.39 is 19.6 Å². The number of rotatable bonds is 27.